The monoisotopic (exact) mass is 116 g/mol. The molecule has 1 heterocycles. The van der Waals surface area contributed by atoms with Crippen LogP contribution in [0.15, 0.2) is 12.3 Å². The molecule has 0 aromatic carbocycles. The third kappa shape index (κ3) is 3.68. The number of ether oxygens (including phenoxy) is 1. The predicted octanol–water partition coefficient (Wildman–Crippen LogP) is 0.919. The highest BCUT2D eigenvalue weighted by atomic mass is 16.5. The van der Waals surface area contributed by atoms with E-state index in [9.17, 15) is 0 Å². The third-order valence-corrected chi connectivity index (χ3v) is 0.825. The fraction of sp³-hybridized carbons (Fsp3) is 0.667. The fourth-order valence-corrected chi connectivity index (χ4v) is 0.489. The van der Waals surface area contributed by atoms with Crippen molar-refractivity contribution in [2.45, 2.75) is 12.8 Å². The van der Waals surface area contributed by atoms with Crippen LogP contribution in [0, 0.1) is 0 Å². The number of aliphatic hydroxyl groups is 1. The lowest BCUT2D eigenvalue weighted by Crippen LogP contribution is -1.90. The average molecular weight is 116 g/mol. The summed E-state index contributed by atoms with van der Waals surface area (Å²) in [6, 6.07) is 0. The highest BCUT2D eigenvalue weighted by Gasteiger charge is 1.86. The van der Waals surface area contributed by atoms with Gasteiger partial charge in [0.2, 0.25) is 0 Å². The first-order valence-electron chi connectivity index (χ1n) is 2.71. The van der Waals surface area contributed by atoms with Crippen molar-refractivity contribution < 1.29 is 9.84 Å². The fourth-order valence-electron chi connectivity index (χ4n) is 0.489. The molecule has 0 bridgehead atoms. The lowest BCUT2D eigenvalue weighted by atomic mass is 10.3. The molecule has 0 saturated heterocycles. The van der Waals surface area contributed by atoms with Crippen molar-refractivity contribution in [3.63, 3.8) is 0 Å². The summed E-state index contributed by atoms with van der Waals surface area (Å²) in [5, 5.41) is 7.00. The normalized spacial score (nSPS) is 15.8. The third-order valence-electron chi connectivity index (χ3n) is 0.825. The maximum atomic E-state index is 7.00. The first-order chi connectivity index (χ1) is 4.00. The maximum Gasteiger partial charge on any atom is 0.0876 e. The number of hydrogen-bond acceptors (Lipinski definition) is 2. The second kappa shape index (κ2) is 6.50. The van der Waals surface area contributed by atoms with Crippen LogP contribution >= 0.6 is 0 Å². The molecular formula is C6H12O2. The minimum atomic E-state index is 0.913. The van der Waals surface area contributed by atoms with Crippen LogP contribution in [-0.4, -0.2) is 18.8 Å². The Balaban J connectivity index is 0.000000222. The van der Waals surface area contributed by atoms with Gasteiger partial charge in [-0.1, -0.05) is 0 Å². The summed E-state index contributed by atoms with van der Waals surface area (Å²) in [5.74, 6) is 0. The molecule has 1 aliphatic heterocycles. The molecule has 8 heavy (non-hydrogen) atoms. The molecule has 0 saturated carbocycles. The summed E-state index contributed by atoms with van der Waals surface area (Å²) in [6.07, 6.45) is 6.20. The Labute approximate surface area is 49.8 Å². The molecule has 0 radical (unpaired) electrons. The zero-order valence-corrected chi connectivity index (χ0v) is 5.13. The maximum absolute atomic E-state index is 7.00. The van der Waals surface area contributed by atoms with E-state index in [2.05, 4.69) is 0 Å². The van der Waals surface area contributed by atoms with Gasteiger partial charge in [0, 0.05) is 7.11 Å². The van der Waals surface area contributed by atoms with Gasteiger partial charge in [-0.2, -0.15) is 0 Å². The van der Waals surface area contributed by atoms with Crippen molar-refractivity contribution in [1.29, 1.82) is 0 Å². The van der Waals surface area contributed by atoms with E-state index in [0.717, 1.165) is 13.7 Å². The average Bonchev–Trinajstić information content (AvgIpc) is 1.96. The van der Waals surface area contributed by atoms with Gasteiger partial charge in [0.25, 0.3) is 0 Å². The SMILES string of the molecule is C1=COCCC1.CO. The van der Waals surface area contributed by atoms with Crippen LogP contribution in [0.25, 0.3) is 0 Å². The van der Waals surface area contributed by atoms with Crippen LogP contribution in [0.5, 0.6) is 0 Å². The Hall–Kier alpha value is -0.500. The molecule has 0 aromatic heterocycles. The van der Waals surface area contributed by atoms with Crippen LogP contribution < -0.4 is 0 Å². The van der Waals surface area contributed by atoms with E-state index in [1.54, 1.807) is 6.26 Å². The van der Waals surface area contributed by atoms with Crippen molar-refractivity contribution in [3.8, 4) is 0 Å². The van der Waals surface area contributed by atoms with Gasteiger partial charge in [0.05, 0.1) is 12.9 Å². The van der Waals surface area contributed by atoms with E-state index in [0.29, 0.717) is 0 Å². The second-order valence-corrected chi connectivity index (χ2v) is 1.38. The second-order valence-electron chi connectivity index (χ2n) is 1.38. The zero-order chi connectivity index (χ0) is 6.24. The molecule has 0 fully saturated rings. The summed E-state index contributed by atoms with van der Waals surface area (Å²) in [4.78, 5) is 0. The molecule has 2 heteroatoms. The summed E-state index contributed by atoms with van der Waals surface area (Å²) in [5.41, 5.74) is 0. The predicted molar refractivity (Wildman–Crippen MR) is 32.5 cm³/mol. The molecule has 2 nitrogen and oxygen atoms in total. The largest absolute Gasteiger partial charge is 0.502 e. The Morgan fingerprint density at radius 1 is 1.50 bits per heavy atom. The van der Waals surface area contributed by atoms with E-state index < -0.39 is 0 Å². The molecule has 0 amide bonds. The summed E-state index contributed by atoms with van der Waals surface area (Å²) in [6.45, 7) is 0.913. The molecular weight excluding hydrogens is 104 g/mol. The summed E-state index contributed by atoms with van der Waals surface area (Å²) >= 11 is 0. The number of hydrogen-bond donors (Lipinski definition) is 1. The zero-order valence-electron chi connectivity index (χ0n) is 5.13. The Morgan fingerprint density at radius 2 is 2.25 bits per heavy atom. The van der Waals surface area contributed by atoms with E-state index in [4.69, 9.17) is 9.84 Å². The lowest BCUT2D eigenvalue weighted by Gasteiger charge is -2.01. The number of aliphatic hydroxyl groups excluding tert-OH is 1. The molecule has 48 valence electrons. The van der Waals surface area contributed by atoms with Crippen LogP contribution in [0.4, 0.5) is 0 Å². The van der Waals surface area contributed by atoms with E-state index in [1.807, 2.05) is 6.08 Å². The Morgan fingerprint density at radius 3 is 2.38 bits per heavy atom. The first-order valence-corrected chi connectivity index (χ1v) is 2.71. The van der Waals surface area contributed by atoms with Gasteiger partial charge < -0.3 is 9.84 Å². The minimum Gasteiger partial charge on any atom is -0.502 e. The Kier molecular flexibility index (Phi) is 6.09. The molecule has 1 aliphatic rings. The van der Waals surface area contributed by atoms with Gasteiger partial charge in [-0.15, -0.1) is 0 Å². The van der Waals surface area contributed by atoms with Gasteiger partial charge in [-0.05, 0) is 18.9 Å². The molecule has 0 aromatic rings. The van der Waals surface area contributed by atoms with Crippen molar-refractivity contribution in [3.05, 3.63) is 12.3 Å². The van der Waals surface area contributed by atoms with Crippen molar-refractivity contribution in [2.24, 2.45) is 0 Å². The topological polar surface area (TPSA) is 29.5 Å². The molecule has 1 N–H and O–H groups in total. The lowest BCUT2D eigenvalue weighted by molar-refractivity contribution is 0.231. The molecule has 0 aliphatic carbocycles. The van der Waals surface area contributed by atoms with Gasteiger partial charge in [-0.25, -0.2) is 0 Å². The molecule has 0 atom stereocenters. The van der Waals surface area contributed by atoms with E-state index in [-0.39, 0.29) is 0 Å². The first kappa shape index (κ1) is 7.50. The van der Waals surface area contributed by atoms with Gasteiger partial charge in [0.15, 0.2) is 0 Å². The standard InChI is InChI=1S/C5H8O.CH4O/c1-2-4-6-5-3-1;1-2/h2,4H,1,3,5H2;2H,1H3. The van der Waals surface area contributed by atoms with Gasteiger partial charge >= 0.3 is 0 Å². The molecule has 0 spiro atoms. The molecule has 0 unspecified atom stereocenters. The van der Waals surface area contributed by atoms with Gasteiger partial charge in [0.1, 0.15) is 0 Å². The minimum absolute atomic E-state index is 0.913. The summed E-state index contributed by atoms with van der Waals surface area (Å²) < 4.78 is 4.89. The van der Waals surface area contributed by atoms with Gasteiger partial charge in [-0.3, -0.25) is 0 Å². The van der Waals surface area contributed by atoms with Crippen LogP contribution in [-0.2, 0) is 4.74 Å². The molecule has 1 rings (SSSR count). The van der Waals surface area contributed by atoms with Crippen molar-refractivity contribution >= 4 is 0 Å². The van der Waals surface area contributed by atoms with Crippen LogP contribution in [0.1, 0.15) is 12.8 Å². The number of allylic oxidation sites excluding steroid dienone is 1. The van der Waals surface area contributed by atoms with Crippen LogP contribution in [0.2, 0.25) is 0 Å². The van der Waals surface area contributed by atoms with E-state index >= 15 is 0 Å². The number of rotatable bonds is 0. The van der Waals surface area contributed by atoms with Crippen molar-refractivity contribution in [1.82, 2.24) is 0 Å². The van der Waals surface area contributed by atoms with Crippen LogP contribution in [0.3, 0.4) is 0 Å². The highest BCUT2D eigenvalue weighted by molar-refractivity contribution is 4.76. The quantitative estimate of drug-likeness (QED) is 0.510. The van der Waals surface area contributed by atoms with E-state index in [1.165, 1.54) is 12.8 Å². The smallest absolute Gasteiger partial charge is 0.0876 e. The highest BCUT2D eigenvalue weighted by Crippen LogP contribution is 1.97. The van der Waals surface area contributed by atoms with Crippen molar-refractivity contribution in [2.75, 3.05) is 13.7 Å². The summed E-state index contributed by atoms with van der Waals surface area (Å²) in [7, 11) is 1.00. The Bertz CT molecular complexity index is 51.5.